The van der Waals surface area contributed by atoms with E-state index in [1.54, 1.807) is 6.92 Å². The standard InChI is InChI=1S/C27H32N2O5/c1-17(2)23(15-24(30)29-14-8-13-27(29,3)25(31)32)28-26(33)34-16-22-20-11-6-4-9-18(20)19-10-5-7-12-21(19)22/h4-7,9-12,17,22-23H,8,13-16H2,1-3H3,(H,28,33)(H,31,32)/t23-,27?/m0/s1. The van der Waals surface area contributed by atoms with Crippen LogP contribution in [0.5, 0.6) is 0 Å². The summed E-state index contributed by atoms with van der Waals surface area (Å²) < 4.78 is 5.64. The number of likely N-dealkylation sites (tertiary alicyclic amines) is 1. The smallest absolute Gasteiger partial charge is 0.407 e. The molecule has 0 spiro atoms. The number of fused-ring (bicyclic) bond motifs is 3. The lowest BCUT2D eigenvalue weighted by molar-refractivity contribution is -0.155. The molecule has 2 N–H and O–H groups in total. The molecule has 7 nitrogen and oxygen atoms in total. The van der Waals surface area contributed by atoms with Crippen molar-refractivity contribution in [2.75, 3.05) is 13.2 Å². The van der Waals surface area contributed by atoms with Gasteiger partial charge in [0.1, 0.15) is 12.1 Å². The Morgan fingerprint density at radius 3 is 2.24 bits per heavy atom. The maximum Gasteiger partial charge on any atom is 0.407 e. The second-order valence-electron chi connectivity index (χ2n) is 9.75. The highest BCUT2D eigenvalue weighted by atomic mass is 16.5. The molecule has 1 fully saturated rings. The molecule has 1 unspecified atom stereocenters. The fraction of sp³-hybridized carbons (Fsp3) is 0.444. The van der Waals surface area contributed by atoms with Gasteiger partial charge in [0.05, 0.1) is 0 Å². The first-order valence-electron chi connectivity index (χ1n) is 11.9. The minimum Gasteiger partial charge on any atom is -0.480 e. The molecule has 1 aliphatic heterocycles. The molecule has 2 aliphatic rings. The summed E-state index contributed by atoms with van der Waals surface area (Å²) in [7, 11) is 0. The molecule has 4 rings (SSSR count). The quantitative estimate of drug-likeness (QED) is 0.633. The van der Waals surface area contributed by atoms with Crippen LogP contribution in [0.25, 0.3) is 11.1 Å². The normalized spacial score (nSPS) is 20.1. The van der Waals surface area contributed by atoms with E-state index in [1.165, 1.54) is 4.90 Å². The molecule has 0 saturated carbocycles. The number of hydrogen-bond acceptors (Lipinski definition) is 4. The van der Waals surface area contributed by atoms with Crippen molar-refractivity contribution in [1.29, 1.82) is 0 Å². The molecule has 180 valence electrons. The number of aliphatic carboxylic acids is 1. The van der Waals surface area contributed by atoms with Gasteiger partial charge in [-0.1, -0.05) is 62.4 Å². The number of carbonyl (C=O) groups is 3. The molecule has 2 aromatic rings. The molecule has 2 amide bonds. The van der Waals surface area contributed by atoms with Crippen molar-refractivity contribution < 1.29 is 24.2 Å². The van der Waals surface area contributed by atoms with Crippen molar-refractivity contribution in [1.82, 2.24) is 10.2 Å². The minimum atomic E-state index is -1.19. The van der Waals surface area contributed by atoms with E-state index in [4.69, 9.17) is 4.74 Å². The Hall–Kier alpha value is -3.35. The highest BCUT2D eigenvalue weighted by Gasteiger charge is 2.46. The zero-order valence-corrected chi connectivity index (χ0v) is 19.9. The second kappa shape index (κ2) is 9.49. The van der Waals surface area contributed by atoms with Gasteiger partial charge in [0.2, 0.25) is 5.91 Å². The molecule has 0 bridgehead atoms. The van der Waals surface area contributed by atoms with Gasteiger partial charge < -0.3 is 20.1 Å². The fourth-order valence-corrected chi connectivity index (χ4v) is 5.13. The summed E-state index contributed by atoms with van der Waals surface area (Å²) in [4.78, 5) is 38.9. The first kappa shape index (κ1) is 23.8. The molecule has 34 heavy (non-hydrogen) atoms. The molecule has 1 aliphatic carbocycles. The SMILES string of the molecule is CC(C)[C@H](CC(=O)N1CCCC1(C)C(=O)O)NC(=O)OCC1c2ccccc2-c2ccccc21. The van der Waals surface area contributed by atoms with Gasteiger partial charge in [0, 0.05) is 24.9 Å². The summed E-state index contributed by atoms with van der Waals surface area (Å²) in [5, 5.41) is 12.5. The van der Waals surface area contributed by atoms with Crippen molar-refractivity contribution in [3.63, 3.8) is 0 Å². The number of nitrogens with one attached hydrogen (secondary N) is 1. The van der Waals surface area contributed by atoms with Gasteiger partial charge in [-0.2, -0.15) is 0 Å². The van der Waals surface area contributed by atoms with Gasteiger partial charge in [0.25, 0.3) is 0 Å². The van der Waals surface area contributed by atoms with Gasteiger partial charge in [-0.05, 0) is 47.9 Å². The average molecular weight is 465 g/mol. The van der Waals surface area contributed by atoms with Crippen LogP contribution in [0.1, 0.15) is 57.1 Å². The summed E-state index contributed by atoms with van der Waals surface area (Å²) in [6.45, 7) is 6.03. The highest BCUT2D eigenvalue weighted by molar-refractivity contribution is 5.88. The Balaban J connectivity index is 1.40. The van der Waals surface area contributed by atoms with E-state index in [0.717, 1.165) is 22.3 Å². The molecule has 2 atom stereocenters. The zero-order chi connectivity index (χ0) is 24.5. The third kappa shape index (κ3) is 4.39. The third-order valence-corrected chi connectivity index (χ3v) is 7.25. The van der Waals surface area contributed by atoms with E-state index >= 15 is 0 Å². The molecular formula is C27H32N2O5. The van der Waals surface area contributed by atoms with Crippen molar-refractivity contribution in [3.05, 3.63) is 59.7 Å². The summed E-state index contributed by atoms with van der Waals surface area (Å²) in [5.41, 5.74) is 3.39. The lowest BCUT2D eigenvalue weighted by Gasteiger charge is -2.33. The lowest BCUT2D eigenvalue weighted by Crippen LogP contribution is -2.52. The second-order valence-corrected chi connectivity index (χ2v) is 9.75. The summed E-state index contributed by atoms with van der Waals surface area (Å²) in [6, 6.07) is 15.8. The molecular weight excluding hydrogens is 432 g/mol. The van der Waals surface area contributed by atoms with Crippen LogP contribution >= 0.6 is 0 Å². The van der Waals surface area contributed by atoms with Crippen molar-refractivity contribution in [2.24, 2.45) is 5.92 Å². The van der Waals surface area contributed by atoms with E-state index in [1.807, 2.05) is 38.1 Å². The van der Waals surface area contributed by atoms with E-state index in [-0.39, 0.29) is 30.8 Å². The van der Waals surface area contributed by atoms with Gasteiger partial charge in [0.15, 0.2) is 0 Å². The Morgan fingerprint density at radius 2 is 1.68 bits per heavy atom. The fourth-order valence-electron chi connectivity index (χ4n) is 5.13. The van der Waals surface area contributed by atoms with Gasteiger partial charge in [-0.15, -0.1) is 0 Å². The molecule has 2 aromatic carbocycles. The number of carboxylic acid groups (broad SMARTS) is 1. The zero-order valence-electron chi connectivity index (χ0n) is 19.9. The van der Waals surface area contributed by atoms with Crippen LogP contribution < -0.4 is 5.32 Å². The molecule has 1 saturated heterocycles. The number of nitrogens with zero attached hydrogens (tertiary/aromatic N) is 1. The van der Waals surface area contributed by atoms with E-state index in [9.17, 15) is 19.5 Å². The van der Waals surface area contributed by atoms with Gasteiger partial charge >= 0.3 is 12.1 Å². The monoisotopic (exact) mass is 464 g/mol. The van der Waals surface area contributed by atoms with Crippen LogP contribution in [0.3, 0.4) is 0 Å². The van der Waals surface area contributed by atoms with E-state index in [0.29, 0.717) is 19.4 Å². The summed E-state index contributed by atoms with van der Waals surface area (Å²) in [6.07, 6.45) is 0.543. The third-order valence-electron chi connectivity index (χ3n) is 7.25. The first-order chi connectivity index (χ1) is 16.2. The Bertz CT molecular complexity index is 1050. The number of carbonyl (C=O) groups excluding carboxylic acids is 2. The number of hydrogen-bond donors (Lipinski definition) is 2. The molecule has 7 heteroatoms. The maximum absolute atomic E-state index is 13.0. The number of alkyl carbamates (subject to hydrolysis) is 1. The van der Waals surface area contributed by atoms with Crippen LogP contribution in [-0.2, 0) is 14.3 Å². The van der Waals surface area contributed by atoms with Crippen LogP contribution in [0.2, 0.25) is 0 Å². The lowest BCUT2D eigenvalue weighted by atomic mass is 9.96. The average Bonchev–Trinajstić information content (AvgIpc) is 3.36. The summed E-state index contributed by atoms with van der Waals surface area (Å²) >= 11 is 0. The number of rotatable bonds is 7. The highest BCUT2D eigenvalue weighted by Crippen LogP contribution is 2.44. The largest absolute Gasteiger partial charge is 0.480 e. The maximum atomic E-state index is 13.0. The topological polar surface area (TPSA) is 95.9 Å². The minimum absolute atomic E-state index is 0.0249. The van der Waals surface area contributed by atoms with Crippen LogP contribution in [0, 0.1) is 5.92 Å². The molecule has 1 heterocycles. The van der Waals surface area contributed by atoms with Crippen LogP contribution in [-0.4, -0.2) is 52.7 Å². The first-order valence-corrected chi connectivity index (χ1v) is 11.9. The molecule has 0 radical (unpaired) electrons. The Kier molecular flexibility index (Phi) is 6.64. The van der Waals surface area contributed by atoms with E-state index in [2.05, 4.69) is 29.6 Å². The van der Waals surface area contributed by atoms with Crippen LogP contribution in [0.15, 0.2) is 48.5 Å². The van der Waals surface area contributed by atoms with Gasteiger partial charge in [-0.3, -0.25) is 4.79 Å². The number of amides is 2. The molecule has 0 aromatic heterocycles. The van der Waals surface area contributed by atoms with Crippen molar-refractivity contribution in [2.45, 2.75) is 57.5 Å². The van der Waals surface area contributed by atoms with Gasteiger partial charge in [-0.25, -0.2) is 9.59 Å². The van der Waals surface area contributed by atoms with E-state index < -0.39 is 23.6 Å². The van der Waals surface area contributed by atoms with Crippen molar-refractivity contribution in [3.8, 4) is 11.1 Å². The Morgan fingerprint density at radius 1 is 1.09 bits per heavy atom. The van der Waals surface area contributed by atoms with Crippen molar-refractivity contribution >= 4 is 18.0 Å². The number of carboxylic acids is 1. The number of ether oxygens (including phenoxy) is 1. The predicted octanol–water partition coefficient (Wildman–Crippen LogP) is 4.41. The van der Waals surface area contributed by atoms with Crippen LogP contribution in [0.4, 0.5) is 4.79 Å². The number of benzene rings is 2. The predicted molar refractivity (Wildman–Crippen MR) is 128 cm³/mol. The summed E-state index contributed by atoms with van der Waals surface area (Å²) in [5.74, 6) is -1.33. The Labute approximate surface area is 200 Å².